The number of piperazine rings is 1. The molecular formula is C42H44F6N8O5S. The van der Waals surface area contributed by atoms with Gasteiger partial charge in [-0.2, -0.15) is 31.6 Å². The molecule has 0 bridgehead atoms. The molecule has 20 heteroatoms. The summed E-state index contributed by atoms with van der Waals surface area (Å²) in [5.41, 5.74) is -1.88. The number of anilines is 4. The van der Waals surface area contributed by atoms with Crippen LogP contribution in [0.1, 0.15) is 62.1 Å². The molecule has 7 rings (SSSR count). The lowest BCUT2D eigenvalue weighted by molar-refractivity contribution is -0.197. The second kappa shape index (κ2) is 17.3. The predicted octanol–water partition coefficient (Wildman–Crippen LogP) is 6.08. The van der Waals surface area contributed by atoms with E-state index in [1.165, 1.54) is 6.07 Å². The number of hydrogen-bond acceptors (Lipinski definition) is 11. The number of thiol groups is 1. The van der Waals surface area contributed by atoms with Gasteiger partial charge in [-0.25, -0.2) is 0 Å². The number of halogens is 6. The number of rotatable bonds is 12. The van der Waals surface area contributed by atoms with Crippen molar-refractivity contribution in [1.29, 1.82) is 5.26 Å². The normalized spacial score (nSPS) is 22.3. The first-order valence-electron chi connectivity index (χ1n) is 20.0. The third-order valence-electron chi connectivity index (χ3n) is 11.5. The van der Waals surface area contributed by atoms with Gasteiger partial charge in [0, 0.05) is 55.3 Å². The van der Waals surface area contributed by atoms with Gasteiger partial charge < -0.3 is 20.3 Å². The maximum absolute atomic E-state index is 14.4. The first kappa shape index (κ1) is 44.5. The molecule has 3 aromatic rings. The van der Waals surface area contributed by atoms with E-state index in [0.717, 1.165) is 40.3 Å². The van der Waals surface area contributed by atoms with Crippen molar-refractivity contribution in [3.63, 3.8) is 0 Å². The lowest BCUT2D eigenvalue weighted by Gasteiger charge is -2.41. The number of ether oxygens (including phenoxy) is 1. The fourth-order valence-corrected chi connectivity index (χ4v) is 8.79. The number of nitriles is 1. The second-order valence-electron chi connectivity index (χ2n) is 16.2. The molecule has 3 aliphatic heterocycles. The summed E-state index contributed by atoms with van der Waals surface area (Å²) in [7, 11) is 0. The average Bonchev–Trinajstić information content (AvgIpc) is 4.03. The van der Waals surface area contributed by atoms with E-state index in [2.05, 4.69) is 16.0 Å². The molecule has 3 aromatic carbocycles. The summed E-state index contributed by atoms with van der Waals surface area (Å²) in [5.74, 6) is -1.34. The van der Waals surface area contributed by atoms with E-state index < -0.39 is 70.9 Å². The highest BCUT2D eigenvalue weighted by atomic mass is 32.1. The smallest absolute Gasteiger partial charge is 0.417 e. The van der Waals surface area contributed by atoms with Gasteiger partial charge in [0.05, 0.1) is 23.7 Å². The molecular weight excluding hydrogens is 843 g/mol. The number of nitrogens with one attached hydrogen (secondary N) is 3. The van der Waals surface area contributed by atoms with Gasteiger partial charge in [-0.05, 0) is 99.2 Å². The molecule has 1 saturated carbocycles. The van der Waals surface area contributed by atoms with Crippen LogP contribution in [0, 0.1) is 11.3 Å². The monoisotopic (exact) mass is 886 g/mol. The van der Waals surface area contributed by atoms with Crippen molar-refractivity contribution in [1.82, 2.24) is 15.1 Å². The molecule has 1 aliphatic carbocycles. The molecule has 0 aromatic heterocycles. The van der Waals surface area contributed by atoms with Crippen molar-refractivity contribution in [3.05, 3.63) is 77.4 Å². The van der Waals surface area contributed by atoms with E-state index in [1.54, 1.807) is 66.1 Å². The Morgan fingerprint density at radius 2 is 1.69 bits per heavy atom. The van der Waals surface area contributed by atoms with Gasteiger partial charge in [0.25, 0.3) is 5.91 Å². The number of carbonyl (C=O) groups excluding carboxylic acids is 4. The van der Waals surface area contributed by atoms with Crippen LogP contribution in [0.4, 0.5) is 49.1 Å². The number of imide groups is 1. The van der Waals surface area contributed by atoms with Crippen molar-refractivity contribution in [2.45, 2.75) is 80.9 Å². The van der Waals surface area contributed by atoms with Crippen molar-refractivity contribution in [3.8, 4) is 11.8 Å². The molecule has 1 unspecified atom stereocenters. The summed E-state index contributed by atoms with van der Waals surface area (Å²) in [5, 5.41) is 17.2. The van der Waals surface area contributed by atoms with E-state index in [9.17, 15) is 50.8 Å². The lowest BCUT2D eigenvalue weighted by Crippen LogP contribution is -2.60. The zero-order valence-corrected chi connectivity index (χ0v) is 34.5. The van der Waals surface area contributed by atoms with E-state index in [1.807, 2.05) is 6.07 Å². The van der Waals surface area contributed by atoms with E-state index >= 15 is 0 Å². The molecule has 3 saturated heterocycles. The first-order chi connectivity index (χ1) is 29.2. The summed E-state index contributed by atoms with van der Waals surface area (Å²) in [6, 6.07) is 13.7. The van der Waals surface area contributed by atoms with Crippen LogP contribution in [0.3, 0.4) is 0 Å². The fraction of sp³-hybridized carbons (Fsp3) is 0.452. The number of piperidine rings is 1. The Morgan fingerprint density at radius 1 is 0.968 bits per heavy atom. The fourth-order valence-electron chi connectivity index (χ4n) is 8.13. The standard InChI is InChI=1S/C42H44F6N8O5S/c1-40(2)38(60)55(28-9-8-25(21-49)31(20-28)41(43,44)45)39(62)56(40)29-10-12-33(30(19-29)24-6-7-24)61-17-16-53-14-15-54(34(22-53)42(46,47)48)23-36(58)51-27-5-3-4-26(18-27)50-32-11-13-35(57)52-37(32)59/h3-5,8-10,12,18-20,24,32,34,39,50,62H,6-7,11,13-17,22-23H2,1-2H3,(H,51,58)(H,52,57,59)/t32?,34-,39+/m0/s1. The van der Waals surface area contributed by atoms with Gasteiger partial charge >= 0.3 is 12.4 Å². The molecule has 62 heavy (non-hydrogen) atoms. The Hall–Kier alpha value is -5.52. The molecule has 0 spiro atoms. The Balaban J connectivity index is 0.969. The summed E-state index contributed by atoms with van der Waals surface area (Å²) in [6.07, 6.45) is -7.28. The van der Waals surface area contributed by atoms with Crippen LogP contribution in [-0.2, 0) is 25.4 Å². The van der Waals surface area contributed by atoms with Crippen molar-refractivity contribution in [2.75, 3.05) is 59.8 Å². The van der Waals surface area contributed by atoms with Crippen molar-refractivity contribution >= 4 is 59.0 Å². The van der Waals surface area contributed by atoms with Gasteiger partial charge in [-0.1, -0.05) is 6.07 Å². The molecule has 3 atom stereocenters. The van der Waals surface area contributed by atoms with E-state index in [4.69, 9.17) is 17.4 Å². The Morgan fingerprint density at radius 3 is 2.37 bits per heavy atom. The van der Waals surface area contributed by atoms with Gasteiger partial charge in [-0.3, -0.25) is 39.2 Å². The number of nitrogens with zero attached hydrogens (tertiary/aromatic N) is 5. The van der Waals surface area contributed by atoms with E-state index in [0.29, 0.717) is 22.8 Å². The minimum absolute atomic E-state index is 0.0387. The van der Waals surface area contributed by atoms with Gasteiger partial charge in [0.1, 0.15) is 30.0 Å². The maximum Gasteiger partial charge on any atom is 0.417 e. The van der Waals surface area contributed by atoms with Crippen LogP contribution < -0.4 is 30.5 Å². The van der Waals surface area contributed by atoms with Crippen molar-refractivity contribution < 1.29 is 50.3 Å². The number of carbonyl (C=O) groups is 4. The van der Waals surface area contributed by atoms with Crippen molar-refractivity contribution in [2.24, 2.45) is 0 Å². The molecule has 13 nitrogen and oxygen atoms in total. The number of amides is 4. The van der Waals surface area contributed by atoms with Crippen LogP contribution in [0.15, 0.2) is 60.7 Å². The zero-order valence-electron chi connectivity index (χ0n) is 33.6. The molecule has 4 fully saturated rings. The van der Waals surface area contributed by atoms with Crippen LogP contribution in [0.25, 0.3) is 0 Å². The summed E-state index contributed by atoms with van der Waals surface area (Å²) in [4.78, 5) is 56.0. The molecule has 4 amide bonds. The highest BCUT2D eigenvalue weighted by Crippen LogP contribution is 2.48. The van der Waals surface area contributed by atoms with Gasteiger partial charge in [0.2, 0.25) is 17.7 Å². The molecule has 4 aliphatic rings. The highest BCUT2D eigenvalue weighted by molar-refractivity contribution is 7.81. The highest BCUT2D eigenvalue weighted by Gasteiger charge is 2.52. The number of alkyl halides is 6. The first-order valence-corrected chi connectivity index (χ1v) is 20.5. The van der Waals surface area contributed by atoms with Crippen LogP contribution >= 0.6 is 12.6 Å². The molecule has 330 valence electrons. The SMILES string of the molecule is CC1(C)C(=O)N(c2ccc(C#N)c(C(F)(F)F)c2)[C@@H](S)N1c1ccc(OCCN2CCN(CC(=O)Nc3cccc(NC4CCC(=O)NC4=O)c3)[C@H](C(F)(F)F)C2)c(C2CC2)c1. The minimum Gasteiger partial charge on any atom is -0.492 e. The molecule has 3 N–H and O–H groups in total. The summed E-state index contributed by atoms with van der Waals surface area (Å²) >= 11 is 4.70. The zero-order chi connectivity index (χ0) is 44.7. The maximum atomic E-state index is 14.4. The van der Waals surface area contributed by atoms with Crippen LogP contribution in [0.2, 0.25) is 0 Å². The summed E-state index contributed by atoms with van der Waals surface area (Å²) in [6.45, 7) is 2.80. The Labute approximate surface area is 358 Å². The quantitative estimate of drug-likeness (QED) is 0.0958. The molecule has 0 radical (unpaired) electrons. The van der Waals surface area contributed by atoms with Crippen LogP contribution in [0.5, 0.6) is 5.75 Å². The average molecular weight is 887 g/mol. The largest absolute Gasteiger partial charge is 0.492 e. The Kier molecular flexibility index (Phi) is 12.4. The third kappa shape index (κ3) is 9.59. The van der Waals surface area contributed by atoms with Gasteiger partial charge in [-0.15, -0.1) is 12.6 Å². The third-order valence-corrected chi connectivity index (χ3v) is 12.0. The topological polar surface area (TPSA) is 150 Å². The summed E-state index contributed by atoms with van der Waals surface area (Å²) < 4.78 is 90.9. The second-order valence-corrected chi connectivity index (χ2v) is 16.7. The lowest BCUT2D eigenvalue weighted by atomic mass is 10.0. The minimum atomic E-state index is -4.83. The van der Waals surface area contributed by atoms with E-state index in [-0.39, 0.29) is 63.1 Å². The van der Waals surface area contributed by atoms with Crippen LogP contribution in [-0.4, -0.2) is 102 Å². The Bertz CT molecular complexity index is 2280. The predicted molar refractivity (Wildman–Crippen MR) is 220 cm³/mol. The molecule has 3 heterocycles. The number of benzene rings is 3. The van der Waals surface area contributed by atoms with Gasteiger partial charge in [0.15, 0.2) is 5.50 Å². The number of hydrogen-bond donors (Lipinski definition) is 4.